The van der Waals surface area contributed by atoms with Crippen molar-refractivity contribution in [2.45, 2.75) is 65.2 Å². The number of fused-ring (bicyclic) bond motifs is 1. The zero-order valence-corrected chi connectivity index (χ0v) is 19.9. The van der Waals surface area contributed by atoms with E-state index < -0.39 is 0 Å². The van der Waals surface area contributed by atoms with E-state index >= 15 is 0 Å². The minimum absolute atomic E-state index is 0.0151. The van der Waals surface area contributed by atoms with E-state index in [1.165, 1.54) is 22.2 Å². The molecular weight excluding hydrogens is 408 g/mol. The Hall–Kier alpha value is -3.14. The second-order valence-electron chi connectivity index (χ2n) is 9.22. The van der Waals surface area contributed by atoms with Crippen molar-refractivity contribution in [2.24, 2.45) is 4.99 Å². The zero-order chi connectivity index (χ0) is 23.4. The highest BCUT2D eigenvalue weighted by molar-refractivity contribution is 6.24. The van der Waals surface area contributed by atoms with Gasteiger partial charge in [-0.05, 0) is 62.3 Å². The molecule has 1 fully saturated rings. The molecule has 4 rings (SSSR count). The molecule has 0 aliphatic heterocycles. The van der Waals surface area contributed by atoms with Gasteiger partial charge in [-0.15, -0.1) is 0 Å². The quantitative estimate of drug-likeness (QED) is 0.308. The predicted octanol–water partition coefficient (Wildman–Crippen LogP) is 6.92. The molecule has 3 aromatic rings. The van der Waals surface area contributed by atoms with Gasteiger partial charge in [-0.2, -0.15) is 0 Å². The fraction of sp³-hybridized carbons (Fsp3) is 0.379. The van der Waals surface area contributed by atoms with E-state index in [1.54, 1.807) is 0 Å². The minimum Gasteiger partial charge on any atom is -0.511 e. The molecular formula is C29H34N2O2. The average Bonchev–Trinajstić information content (AvgIpc) is 3.12. The molecule has 4 nitrogen and oxygen atoms in total. The average molecular weight is 443 g/mol. The molecule has 1 atom stereocenters. The number of nitrogens with one attached hydrogen (secondary N) is 1. The number of unbranched alkanes of at least 4 members (excludes halogenated alkanes) is 1. The molecule has 0 bridgehead atoms. The Morgan fingerprint density at radius 3 is 2.67 bits per heavy atom. The minimum atomic E-state index is 0.0151. The van der Waals surface area contributed by atoms with Crippen LogP contribution in [0.2, 0.25) is 0 Å². The van der Waals surface area contributed by atoms with Crippen molar-refractivity contribution in [1.29, 1.82) is 0 Å². The van der Waals surface area contributed by atoms with Gasteiger partial charge in [0.25, 0.3) is 0 Å². The number of benzene rings is 2. The third-order valence-electron chi connectivity index (χ3n) is 6.71. The number of allylic oxidation sites excluding steroid dienone is 2. The summed E-state index contributed by atoms with van der Waals surface area (Å²) in [7, 11) is 0. The second kappa shape index (κ2) is 10.2. The van der Waals surface area contributed by atoms with Gasteiger partial charge >= 0.3 is 0 Å². The first kappa shape index (κ1) is 23.0. The highest BCUT2D eigenvalue weighted by Crippen LogP contribution is 2.34. The van der Waals surface area contributed by atoms with Crippen LogP contribution in [0.15, 0.2) is 64.9 Å². The maximum Gasteiger partial charge on any atom is 0.168 e. The molecule has 1 aromatic heterocycles. The fourth-order valence-electron chi connectivity index (χ4n) is 4.92. The van der Waals surface area contributed by atoms with E-state index in [0.717, 1.165) is 36.1 Å². The largest absolute Gasteiger partial charge is 0.511 e. The first-order valence-corrected chi connectivity index (χ1v) is 12.1. The summed E-state index contributed by atoms with van der Waals surface area (Å²) in [6.45, 7) is 6.90. The van der Waals surface area contributed by atoms with E-state index in [1.807, 2.05) is 18.2 Å². The number of carbonyl (C=O) groups excluding carboxylic acids is 1. The third-order valence-corrected chi connectivity index (χ3v) is 6.71. The summed E-state index contributed by atoms with van der Waals surface area (Å²) in [4.78, 5) is 21.6. The topological polar surface area (TPSA) is 65.4 Å². The Labute approximate surface area is 196 Å². The van der Waals surface area contributed by atoms with Crippen LogP contribution in [-0.4, -0.2) is 28.1 Å². The number of aliphatic imine (C=N–C) groups is 1. The number of Topliss-reactive ketones (excluding diaryl/α,β-unsaturated/α-hetero) is 1. The van der Waals surface area contributed by atoms with Crippen molar-refractivity contribution < 1.29 is 9.90 Å². The summed E-state index contributed by atoms with van der Waals surface area (Å²) in [5.74, 6) is 0.338. The lowest BCUT2D eigenvalue weighted by Crippen LogP contribution is -2.27. The van der Waals surface area contributed by atoms with Gasteiger partial charge in [0.15, 0.2) is 5.78 Å². The summed E-state index contributed by atoms with van der Waals surface area (Å²) in [6, 6.07) is 16.7. The summed E-state index contributed by atoms with van der Waals surface area (Å²) >= 11 is 0. The first-order chi connectivity index (χ1) is 16.0. The number of H-pyrrole nitrogens is 1. The lowest BCUT2D eigenvalue weighted by atomic mass is 9.78. The molecule has 1 saturated carbocycles. The number of ketones is 1. The Kier molecular flexibility index (Phi) is 7.12. The van der Waals surface area contributed by atoms with Crippen molar-refractivity contribution in [3.8, 4) is 0 Å². The Balaban J connectivity index is 1.62. The number of nitrogens with zero attached hydrogens (tertiary/aromatic N) is 1. The highest BCUT2D eigenvalue weighted by Gasteiger charge is 2.32. The lowest BCUT2D eigenvalue weighted by Gasteiger charge is -2.26. The molecule has 0 amide bonds. The summed E-state index contributed by atoms with van der Waals surface area (Å²) in [5, 5.41) is 12.0. The van der Waals surface area contributed by atoms with Crippen LogP contribution in [0.5, 0.6) is 0 Å². The summed E-state index contributed by atoms with van der Waals surface area (Å²) < 4.78 is 0. The van der Waals surface area contributed by atoms with Crippen LogP contribution < -0.4 is 0 Å². The van der Waals surface area contributed by atoms with Gasteiger partial charge in [-0.1, -0.05) is 55.3 Å². The molecule has 2 N–H and O–H groups in total. The van der Waals surface area contributed by atoms with Gasteiger partial charge in [0, 0.05) is 41.7 Å². The number of carbonyl (C=O) groups is 1. The first-order valence-electron chi connectivity index (χ1n) is 12.1. The highest BCUT2D eigenvalue weighted by atomic mass is 16.3. The normalized spacial score (nSPS) is 19.4. The Morgan fingerprint density at radius 1 is 1.12 bits per heavy atom. The number of aliphatic hydroxyl groups excluding tert-OH is 1. The number of hydrogen-bond donors (Lipinski definition) is 2. The molecule has 1 aliphatic carbocycles. The van der Waals surface area contributed by atoms with E-state index in [4.69, 9.17) is 4.99 Å². The Morgan fingerprint density at radius 2 is 1.91 bits per heavy atom. The van der Waals surface area contributed by atoms with E-state index in [0.29, 0.717) is 31.4 Å². The van der Waals surface area contributed by atoms with Gasteiger partial charge in [0.1, 0.15) is 5.76 Å². The van der Waals surface area contributed by atoms with Crippen LogP contribution in [0, 0.1) is 13.8 Å². The van der Waals surface area contributed by atoms with Crippen molar-refractivity contribution in [1.82, 2.24) is 4.98 Å². The van der Waals surface area contributed by atoms with Gasteiger partial charge in [0.05, 0.1) is 5.57 Å². The molecule has 0 saturated heterocycles. The van der Waals surface area contributed by atoms with Crippen LogP contribution in [0.1, 0.15) is 67.3 Å². The van der Waals surface area contributed by atoms with Crippen molar-refractivity contribution in [2.75, 3.05) is 6.54 Å². The Bertz CT molecular complexity index is 1200. The fourth-order valence-corrected chi connectivity index (χ4v) is 4.92. The smallest absolute Gasteiger partial charge is 0.168 e. The number of aryl methyl sites for hydroxylation is 2. The summed E-state index contributed by atoms with van der Waals surface area (Å²) in [6.07, 6.45) is 4.29. The molecule has 0 spiro atoms. The molecule has 1 aliphatic rings. The molecule has 1 unspecified atom stereocenters. The van der Waals surface area contributed by atoms with E-state index in [2.05, 4.69) is 56.1 Å². The SMILES string of the molecule is CCCCC(O)=C1C(=O)CC(c2ccccc2)CC1=NCCc1c(C)[nH]c2ccc(C)cc12. The number of aromatic nitrogens is 1. The van der Waals surface area contributed by atoms with Gasteiger partial charge < -0.3 is 10.1 Å². The second-order valence-corrected chi connectivity index (χ2v) is 9.22. The number of aromatic amines is 1. The molecule has 33 heavy (non-hydrogen) atoms. The van der Waals surface area contributed by atoms with Crippen molar-refractivity contribution in [3.05, 3.63) is 82.2 Å². The van der Waals surface area contributed by atoms with Gasteiger partial charge in [-0.25, -0.2) is 0 Å². The monoisotopic (exact) mass is 442 g/mol. The van der Waals surface area contributed by atoms with Crippen LogP contribution in [0.3, 0.4) is 0 Å². The third kappa shape index (κ3) is 5.11. The molecule has 2 aromatic carbocycles. The zero-order valence-electron chi connectivity index (χ0n) is 19.9. The summed E-state index contributed by atoms with van der Waals surface area (Å²) in [5.41, 5.74) is 7.23. The van der Waals surface area contributed by atoms with Gasteiger partial charge in [0.2, 0.25) is 0 Å². The van der Waals surface area contributed by atoms with Gasteiger partial charge in [-0.3, -0.25) is 9.79 Å². The lowest BCUT2D eigenvalue weighted by molar-refractivity contribution is -0.116. The van der Waals surface area contributed by atoms with Crippen LogP contribution >= 0.6 is 0 Å². The number of rotatable bonds is 7. The van der Waals surface area contributed by atoms with Crippen molar-refractivity contribution >= 4 is 22.4 Å². The molecule has 172 valence electrons. The molecule has 0 radical (unpaired) electrons. The maximum atomic E-state index is 13.1. The standard InChI is InChI=1S/C29H34N2O2/c1-4-5-11-27(32)29-26(17-22(18-28(29)33)21-9-7-6-8-10-21)30-15-14-23-20(3)31-25-13-12-19(2)16-24(23)25/h6-10,12-13,16,22,31-32H,4-5,11,14-15,17-18H2,1-3H3. The number of hydrogen-bond acceptors (Lipinski definition) is 3. The van der Waals surface area contributed by atoms with Crippen LogP contribution in [0.4, 0.5) is 0 Å². The predicted molar refractivity (Wildman–Crippen MR) is 136 cm³/mol. The van der Waals surface area contributed by atoms with Crippen LogP contribution in [-0.2, 0) is 11.2 Å². The van der Waals surface area contributed by atoms with Crippen LogP contribution in [0.25, 0.3) is 10.9 Å². The van der Waals surface area contributed by atoms with E-state index in [9.17, 15) is 9.90 Å². The molecule has 4 heteroatoms. The van der Waals surface area contributed by atoms with E-state index in [-0.39, 0.29) is 17.5 Å². The number of aliphatic hydroxyl groups is 1. The van der Waals surface area contributed by atoms with Crippen molar-refractivity contribution in [3.63, 3.8) is 0 Å². The maximum absolute atomic E-state index is 13.1. The molecule has 1 heterocycles.